The minimum absolute atomic E-state index is 0.0107. The van der Waals surface area contributed by atoms with Gasteiger partial charge in [0.25, 0.3) is 0 Å². The third-order valence-electron chi connectivity index (χ3n) is 13.5. The fourth-order valence-electron chi connectivity index (χ4n) is 11.5. The van der Waals surface area contributed by atoms with E-state index >= 15 is 0 Å². The second-order valence-corrected chi connectivity index (χ2v) is 15.7. The van der Waals surface area contributed by atoms with Gasteiger partial charge in [0.1, 0.15) is 0 Å². The Bertz CT molecular complexity index is 1010. The Morgan fingerprint density at radius 2 is 1.59 bits per heavy atom. The molecule has 8 atom stereocenters. The molecule has 5 rings (SSSR count). The summed E-state index contributed by atoms with van der Waals surface area (Å²) in [6.07, 6.45) is 10.5. The van der Waals surface area contributed by atoms with Crippen molar-refractivity contribution in [3.63, 3.8) is 0 Å². The van der Waals surface area contributed by atoms with E-state index in [0.717, 1.165) is 12.8 Å². The molecule has 208 valence electrons. The number of carbonyl (C=O) groups is 2. The van der Waals surface area contributed by atoms with E-state index in [2.05, 4.69) is 66.0 Å². The van der Waals surface area contributed by atoms with Gasteiger partial charge in [0.15, 0.2) is 5.78 Å². The van der Waals surface area contributed by atoms with Gasteiger partial charge in [-0.1, -0.05) is 61.0 Å². The number of amides is 2. The number of rotatable bonds is 3. The monoisotopic (exact) mass is 510 g/mol. The van der Waals surface area contributed by atoms with E-state index < -0.39 is 0 Å². The van der Waals surface area contributed by atoms with Crippen molar-refractivity contribution in [3.8, 4) is 0 Å². The molecule has 2 amide bonds. The predicted octanol–water partition coefficient (Wildman–Crippen LogP) is 7.67. The van der Waals surface area contributed by atoms with Gasteiger partial charge in [0.05, 0.1) is 0 Å². The molecule has 0 radical (unpaired) electrons. The molecule has 2 N–H and O–H groups in total. The summed E-state index contributed by atoms with van der Waals surface area (Å²) in [5, 5.41) is 6.31. The number of urea groups is 1. The lowest BCUT2D eigenvalue weighted by molar-refractivity contribution is -0.215. The lowest BCUT2D eigenvalue weighted by Gasteiger charge is -2.72. The summed E-state index contributed by atoms with van der Waals surface area (Å²) in [5.74, 6) is 2.65. The highest BCUT2D eigenvalue weighted by molar-refractivity contribution is 6.00. The van der Waals surface area contributed by atoms with Crippen LogP contribution in [0.3, 0.4) is 0 Å². The van der Waals surface area contributed by atoms with Crippen molar-refractivity contribution in [2.24, 2.45) is 50.7 Å². The highest BCUT2D eigenvalue weighted by Gasteiger charge is 2.69. The maximum atomic E-state index is 13.3. The standard InChI is InChI=1S/C33H54N2O2/c1-10-34-28(37)35-25-14-15-31(7)23(29(25,4)5)13-16-33(9)24(31)12-11-21-27-26(20(2)3)22(36)19-30(27,6)17-18-32(21,33)8/h20-21,23-25H,10-19H2,1-9H3,(H2,34,35,37)/t21-,23+,24-,25?,30+,31+,32-,33-/m1/s1. The molecule has 0 aliphatic heterocycles. The first-order valence-electron chi connectivity index (χ1n) is 15.5. The summed E-state index contributed by atoms with van der Waals surface area (Å²) >= 11 is 0. The van der Waals surface area contributed by atoms with Gasteiger partial charge in [-0.15, -0.1) is 0 Å². The zero-order valence-electron chi connectivity index (χ0n) is 25.3. The lowest BCUT2D eigenvalue weighted by atomic mass is 9.33. The van der Waals surface area contributed by atoms with Crippen molar-refractivity contribution in [3.05, 3.63) is 11.1 Å². The Morgan fingerprint density at radius 3 is 2.24 bits per heavy atom. The quantitative estimate of drug-likeness (QED) is 0.409. The largest absolute Gasteiger partial charge is 0.338 e. The van der Waals surface area contributed by atoms with Crippen molar-refractivity contribution in [2.45, 2.75) is 126 Å². The lowest BCUT2D eigenvalue weighted by Crippen LogP contribution is -2.67. The highest BCUT2D eigenvalue weighted by Crippen LogP contribution is 2.76. The van der Waals surface area contributed by atoms with E-state index in [-0.39, 0.29) is 28.3 Å². The Kier molecular flexibility index (Phi) is 6.33. The van der Waals surface area contributed by atoms with Crippen LogP contribution < -0.4 is 10.6 Å². The number of Topliss-reactive ketones (excluding diaryl/α,β-unsaturated/α-hetero) is 1. The summed E-state index contributed by atoms with van der Waals surface area (Å²) in [6, 6.07) is 0.218. The van der Waals surface area contributed by atoms with Crippen LogP contribution in [0, 0.1) is 50.7 Å². The summed E-state index contributed by atoms with van der Waals surface area (Å²) in [4.78, 5) is 25.8. The van der Waals surface area contributed by atoms with Crippen molar-refractivity contribution >= 4 is 11.8 Å². The highest BCUT2D eigenvalue weighted by atomic mass is 16.2. The van der Waals surface area contributed by atoms with Gasteiger partial charge < -0.3 is 10.6 Å². The zero-order valence-corrected chi connectivity index (χ0v) is 25.3. The molecule has 0 aromatic heterocycles. The molecule has 4 fully saturated rings. The molecular weight excluding hydrogens is 456 g/mol. The molecule has 4 heteroatoms. The zero-order chi connectivity index (χ0) is 27.2. The molecule has 0 spiro atoms. The van der Waals surface area contributed by atoms with E-state index in [1.807, 2.05) is 6.92 Å². The molecule has 5 aliphatic rings. The van der Waals surface area contributed by atoms with Crippen LogP contribution in [0.1, 0.15) is 120 Å². The van der Waals surface area contributed by atoms with E-state index in [0.29, 0.717) is 46.8 Å². The summed E-state index contributed by atoms with van der Waals surface area (Å²) in [5.41, 5.74) is 3.81. The van der Waals surface area contributed by atoms with Crippen LogP contribution in [0.25, 0.3) is 0 Å². The summed E-state index contributed by atoms with van der Waals surface area (Å²) in [6.45, 7) is 22.3. The molecule has 37 heavy (non-hydrogen) atoms. The summed E-state index contributed by atoms with van der Waals surface area (Å²) < 4.78 is 0. The number of carbonyl (C=O) groups excluding carboxylic acids is 2. The Hall–Kier alpha value is -1.32. The number of hydrogen-bond acceptors (Lipinski definition) is 2. The number of nitrogens with one attached hydrogen (secondary N) is 2. The predicted molar refractivity (Wildman–Crippen MR) is 151 cm³/mol. The molecule has 5 aliphatic carbocycles. The van der Waals surface area contributed by atoms with E-state index in [1.54, 1.807) is 5.57 Å². The average molecular weight is 511 g/mol. The normalized spacial score (nSPS) is 46.6. The van der Waals surface area contributed by atoms with Crippen molar-refractivity contribution in [1.82, 2.24) is 10.6 Å². The van der Waals surface area contributed by atoms with Gasteiger partial charge in [-0.3, -0.25) is 4.79 Å². The van der Waals surface area contributed by atoms with E-state index in [9.17, 15) is 9.59 Å². The Morgan fingerprint density at radius 1 is 0.892 bits per heavy atom. The van der Waals surface area contributed by atoms with Crippen LogP contribution in [-0.4, -0.2) is 24.4 Å². The second kappa shape index (κ2) is 8.59. The second-order valence-electron chi connectivity index (χ2n) is 15.7. The van der Waals surface area contributed by atoms with Crippen LogP contribution in [-0.2, 0) is 4.79 Å². The molecule has 0 aromatic carbocycles. The van der Waals surface area contributed by atoms with Crippen molar-refractivity contribution < 1.29 is 9.59 Å². The van der Waals surface area contributed by atoms with Gasteiger partial charge in [-0.25, -0.2) is 4.79 Å². The molecule has 0 saturated heterocycles. The van der Waals surface area contributed by atoms with Gasteiger partial charge in [-0.05, 0) is 115 Å². The molecule has 0 heterocycles. The van der Waals surface area contributed by atoms with Gasteiger partial charge >= 0.3 is 6.03 Å². The van der Waals surface area contributed by atoms with Crippen molar-refractivity contribution in [1.29, 1.82) is 0 Å². The maximum absolute atomic E-state index is 13.3. The van der Waals surface area contributed by atoms with Gasteiger partial charge in [0, 0.05) is 19.0 Å². The Balaban J connectivity index is 1.50. The topological polar surface area (TPSA) is 58.2 Å². The summed E-state index contributed by atoms with van der Waals surface area (Å²) in [7, 11) is 0. The molecule has 0 bridgehead atoms. The fraction of sp³-hybridized carbons (Fsp3) is 0.879. The first-order chi connectivity index (χ1) is 17.2. The van der Waals surface area contributed by atoms with Crippen molar-refractivity contribution in [2.75, 3.05) is 6.54 Å². The average Bonchev–Trinajstić information content (AvgIpc) is 3.07. The number of hydrogen-bond donors (Lipinski definition) is 2. The Labute approximate surface area is 226 Å². The fourth-order valence-corrected chi connectivity index (χ4v) is 11.5. The third-order valence-corrected chi connectivity index (χ3v) is 13.5. The van der Waals surface area contributed by atoms with E-state index in [1.165, 1.54) is 50.5 Å². The van der Waals surface area contributed by atoms with Crippen LogP contribution in [0.4, 0.5) is 4.79 Å². The number of allylic oxidation sites excluding steroid dienone is 2. The first-order valence-corrected chi connectivity index (χ1v) is 15.5. The first kappa shape index (κ1) is 27.3. The molecule has 4 saturated carbocycles. The minimum atomic E-state index is -0.0107. The SMILES string of the molecule is CCNC(=O)NC1CC[C@]2(C)[C@H]3CC[C@@H]4C5=C(C(C)C)C(=O)C[C@]5(C)CC[C@@]4(C)[C@]3(C)CC[C@H]2C1(C)C. The van der Waals surface area contributed by atoms with Crippen LogP contribution in [0.5, 0.6) is 0 Å². The molecular formula is C33H54N2O2. The van der Waals surface area contributed by atoms with Crippen LogP contribution >= 0.6 is 0 Å². The third kappa shape index (κ3) is 3.58. The van der Waals surface area contributed by atoms with Gasteiger partial charge in [0.2, 0.25) is 0 Å². The maximum Gasteiger partial charge on any atom is 0.315 e. The number of fused-ring (bicyclic) bond motifs is 7. The molecule has 1 unspecified atom stereocenters. The number of ketones is 1. The molecule has 0 aromatic rings. The van der Waals surface area contributed by atoms with Gasteiger partial charge in [-0.2, -0.15) is 0 Å². The molecule has 4 nitrogen and oxygen atoms in total. The van der Waals surface area contributed by atoms with E-state index in [4.69, 9.17) is 0 Å². The van der Waals surface area contributed by atoms with Crippen LogP contribution in [0.2, 0.25) is 0 Å². The van der Waals surface area contributed by atoms with Crippen LogP contribution in [0.15, 0.2) is 11.1 Å². The minimum Gasteiger partial charge on any atom is -0.338 e. The smallest absolute Gasteiger partial charge is 0.315 e.